The zero-order valence-electron chi connectivity index (χ0n) is 12.5. The molecule has 0 atom stereocenters. The third kappa shape index (κ3) is 2.98. The Morgan fingerprint density at radius 3 is 2.32 bits per heavy atom. The fourth-order valence-corrected chi connectivity index (χ4v) is 2.40. The highest BCUT2D eigenvalue weighted by Crippen LogP contribution is 2.26. The van der Waals surface area contributed by atoms with Gasteiger partial charge in [-0.1, -0.05) is 67.0 Å². The number of hydrogen-bond acceptors (Lipinski definition) is 3. The zero-order valence-corrected chi connectivity index (χ0v) is 12.5. The van der Waals surface area contributed by atoms with Gasteiger partial charge in [-0.05, 0) is 12.0 Å². The average Bonchev–Trinajstić information content (AvgIpc) is 3.06. The van der Waals surface area contributed by atoms with E-state index in [9.17, 15) is 4.79 Å². The van der Waals surface area contributed by atoms with Gasteiger partial charge in [-0.3, -0.25) is 4.79 Å². The normalized spacial score (nSPS) is 10.6. The molecule has 3 aromatic rings. The molecule has 0 N–H and O–H groups in total. The van der Waals surface area contributed by atoms with E-state index in [1.54, 1.807) is 12.1 Å². The molecule has 0 spiro atoms. The number of aryl methyl sites for hydroxylation is 1. The van der Waals surface area contributed by atoms with E-state index in [0.717, 1.165) is 41.7 Å². The van der Waals surface area contributed by atoms with Gasteiger partial charge in [0.1, 0.15) is 12.0 Å². The molecule has 0 radical (unpaired) electrons. The van der Waals surface area contributed by atoms with Crippen LogP contribution in [0.5, 0.6) is 0 Å². The number of carbonyl (C=O) groups excluding carboxylic acids is 1. The lowest BCUT2D eigenvalue weighted by Gasteiger charge is -1.99. The van der Waals surface area contributed by atoms with Crippen molar-refractivity contribution in [3.05, 3.63) is 65.7 Å². The van der Waals surface area contributed by atoms with Gasteiger partial charge in [0, 0.05) is 22.8 Å². The quantitative estimate of drug-likeness (QED) is 0.636. The molecule has 0 fully saturated rings. The summed E-state index contributed by atoms with van der Waals surface area (Å²) in [5, 5.41) is 4.11. The average molecular weight is 291 g/mol. The van der Waals surface area contributed by atoms with Crippen LogP contribution in [0.2, 0.25) is 0 Å². The molecule has 0 saturated heterocycles. The van der Waals surface area contributed by atoms with Crippen molar-refractivity contribution in [1.29, 1.82) is 0 Å². The maximum absolute atomic E-state index is 10.7. The van der Waals surface area contributed by atoms with Crippen LogP contribution < -0.4 is 0 Å². The van der Waals surface area contributed by atoms with Crippen molar-refractivity contribution in [3.8, 4) is 22.6 Å². The molecule has 1 heterocycles. The Morgan fingerprint density at radius 2 is 1.68 bits per heavy atom. The molecule has 0 unspecified atom stereocenters. The molecule has 3 heteroatoms. The van der Waals surface area contributed by atoms with Gasteiger partial charge in [0.05, 0.1) is 0 Å². The predicted octanol–water partition coefficient (Wildman–Crippen LogP) is 4.77. The summed E-state index contributed by atoms with van der Waals surface area (Å²) in [4.78, 5) is 10.7. The topological polar surface area (TPSA) is 43.1 Å². The number of benzene rings is 2. The van der Waals surface area contributed by atoms with Gasteiger partial charge in [-0.15, -0.1) is 0 Å². The van der Waals surface area contributed by atoms with Gasteiger partial charge in [0.15, 0.2) is 5.76 Å². The molecule has 0 amide bonds. The molecule has 1 aromatic heterocycles. The SMILES string of the molecule is CCCc1ccc(-c2cc(-c3ccc(C=O)cc3)no2)cc1. The monoisotopic (exact) mass is 291 g/mol. The third-order valence-electron chi connectivity index (χ3n) is 3.63. The molecule has 0 aliphatic heterocycles. The second kappa shape index (κ2) is 6.39. The lowest BCUT2D eigenvalue weighted by Crippen LogP contribution is -1.82. The molecule has 0 bridgehead atoms. The highest BCUT2D eigenvalue weighted by atomic mass is 16.5. The number of aromatic nitrogens is 1. The summed E-state index contributed by atoms with van der Waals surface area (Å²) in [5.74, 6) is 0.748. The Balaban J connectivity index is 1.84. The van der Waals surface area contributed by atoms with Gasteiger partial charge >= 0.3 is 0 Å². The molecular weight excluding hydrogens is 274 g/mol. The van der Waals surface area contributed by atoms with Crippen LogP contribution >= 0.6 is 0 Å². The molecule has 0 aliphatic carbocycles. The van der Waals surface area contributed by atoms with E-state index < -0.39 is 0 Å². The molecule has 3 rings (SSSR count). The Bertz CT molecular complexity index is 755. The van der Waals surface area contributed by atoms with E-state index in [0.29, 0.717) is 5.56 Å². The lowest BCUT2D eigenvalue weighted by molar-refractivity contribution is 0.112. The van der Waals surface area contributed by atoms with Crippen LogP contribution in [0.1, 0.15) is 29.3 Å². The molecule has 22 heavy (non-hydrogen) atoms. The van der Waals surface area contributed by atoms with Crippen LogP contribution in [0.15, 0.2) is 59.1 Å². The summed E-state index contributed by atoms with van der Waals surface area (Å²) in [5.41, 5.74) is 4.70. The van der Waals surface area contributed by atoms with Gasteiger partial charge in [0.25, 0.3) is 0 Å². The van der Waals surface area contributed by atoms with Gasteiger partial charge < -0.3 is 4.52 Å². The van der Waals surface area contributed by atoms with Crippen molar-refractivity contribution < 1.29 is 9.32 Å². The number of rotatable bonds is 5. The van der Waals surface area contributed by atoms with E-state index in [2.05, 4.69) is 36.3 Å². The molecule has 110 valence electrons. The Kier molecular flexibility index (Phi) is 4.15. The van der Waals surface area contributed by atoms with E-state index >= 15 is 0 Å². The van der Waals surface area contributed by atoms with E-state index in [1.165, 1.54) is 5.56 Å². The van der Waals surface area contributed by atoms with Crippen molar-refractivity contribution in [1.82, 2.24) is 5.16 Å². The van der Waals surface area contributed by atoms with Crippen LogP contribution in [0.25, 0.3) is 22.6 Å². The smallest absolute Gasteiger partial charge is 0.167 e. The van der Waals surface area contributed by atoms with Gasteiger partial charge in [-0.2, -0.15) is 0 Å². The number of aldehydes is 1. The molecule has 3 nitrogen and oxygen atoms in total. The van der Waals surface area contributed by atoms with Crippen LogP contribution in [-0.2, 0) is 6.42 Å². The number of carbonyl (C=O) groups is 1. The lowest BCUT2D eigenvalue weighted by atomic mass is 10.1. The Labute approximate surface area is 129 Å². The molecule has 0 aliphatic rings. The van der Waals surface area contributed by atoms with Gasteiger partial charge in [-0.25, -0.2) is 0 Å². The minimum atomic E-state index is 0.652. The van der Waals surface area contributed by atoms with Crippen LogP contribution in [0.3, 0.4) is 0 Å². The first-order valence-corrected chi connectivity index (χ1v) is 7.42. The first kappa shape index (κ1) is 14.3. The molecule has 0 saturated carbocycles. The number of nitrogens with zero attached hydrogens (tertiary/aromatic N) is 1. The van der Waals surface area contributed by atoms with Crippen LogP contribution in [-0.4, -0.2) is 11.4 Å². The predicted molar refractivity (Wildman–Crippen MR) is 86.8 cm³/mol. The van der Waals surface area contributed by atoms with Gasteiger partial charge in [0.2, 0.25) is 0 Å². The van der Waals surface area contributed by atoms with Crippen LogP contribution in [0.4, 0.5) is 0 Å². The van der Waals surface area contributed by atoms with Crippen molar-refractivity contribution in [2.45, 2.75) is 19.8 Å². The fourth-order valence-electron chi connectivity index (χ4n) is 2.40. The summed E-state index contributed by atoms with van der Waals surface area (Å²) in [7, 11) is 0. The van der Waals surface area contributed by atoms with E-state index in [-0.39, 0.29) is 0 Å². The van der Waals surface area contributed by atoms with Crippen molar-refractivity contribution in [3.63, 3.8) is 0 Å². The first-order valence-electron chi connectivity index (χ1n) is 7.42. The minimum absolute atomic E-state index is 0.652. The third-order valence-corrected chi connectivity index (χ3v) is 3.63. The molecule has 2 aromatic carbocycles. The second-order valence-corrected chi connectivity index (χ2v) is 5.26. The summed E-state index contributed by atoms with van der Waals surface area (Å²) in [6.07, 6.45) is 3.06. The minimum Gasteiger partial charge on any atom is -0.356 e. The summed E-state index contributed by atoms with van der Waals surface area (Å²) in [6.45, 7) is 2.17. The summed E-state index contributed by atoms with van der Waals surface area (Å²) < 4.78 is 5.44. The highest BCUT2D eigenvalue weighted by Gasteiger charge is 2.08. The van der Waals surface area contributed by atoms with Crippen molar-refractivity contribution >= 4 is 6.29 Å². The number of hydrogen-bond donors (Lipinski definition) is 0. The van der Waals surface area contributed by atoms with Crippen LogP contribution in [0, 0.1) is 0 Å². The van der Waals surface area contributed by atoms with E-state index in [1.807, 2.05) is 18.2 Å². The highest BCUT2D eigenvalue weighted by molar-refractivity contribution is 5.76. The Hall–Kier alpha value is -2.68. The Morgan fingerprint density at radius 1 is 1.00 bits per heavy atom. The first-order chi connectivity index (χ1) is 10.8. The summed E-state index contributed by atoms with van der Waals surface area (Å²) in [6, 6.07) is 17.6. The maximum Gasteiger partial charge on any atom is 0.167 e. The van der Waals surface area contributed by atoms with Crippen molar-refractivity contribution in [2.24, 2.45) is 0 Å². The second-order valence-electron chi connectivity index (χ2n) is 5.26. The standard InChI is InChI=1S/C19H17NO2/c1-2-3-14-4-10-17(11-5-14)19-12-18(20-22-19)16-8-6-15(13-21)7-9-16/h4-13H,2-3H2,1H3. The summed E-state index contributed by atoms with van der Waals surface area (Å²) >= 11 is 0. The fraction of sp³-hybridized carbons (Fsp3) is 0.158. The zero-order chi connectivity index (χ0) is 15.4. The van der Waals surface area contributed by atoms with E-state index in [4.69, 9.17) is 4.52 Å². The molecular formula is C19H17NO2. The largest absolute Gasteiger partial charge is 0.356 e. The van der Waals surface area contributed by atoms with Crippen molar-refractivity contribution in [2.75, 3.05) is 0 Å². The maximum atomic E-state index is 10.7.